The summed E-state index contributed by atoms with van der Waals surface area (Å²) in [6.07, 6.45) is 11.2. The van der Waals surface area contributed by atoms with Crippen molar-refractivity contribution in [3.05, 3.63) is 23.8 Å². The first kappa shape index (κ1) is 5.90. The number of hydrogen-bond acceptors (Lipinski definition) is 1. The predicted octanol–water partition coefficient (Wildman–Crippen LogP) is 1.96. The Morgan fingerprint density at radius 3 is 3.30 bits per heavy atom. The minimum atomic E-state index is 0.638. The number of fused-ring (bicyclic) bond motifs is 1. The third kappa shape index (κ3) is 0.919. The van der Waals surface area contributed by atoms with Crippen molar-refractivity contribution in [2.75, 3.05) is 6.54 Å². The molecule has 1 unspecified atom stereocenters. The molecule has 0 amide bonds. The van der Waals surface area contributed by atoms with Crippen LogP contribution in [0.15, 0.2) is 28.8 Å². The van der Waals surface area contributed by atoms with Crippen LogP contribution >= 0.6 is 0 Å². The molecule has 0 aromatic heterocycles. The molecule has 1 nitrogen and oxygen atoms in total. The van der Waals surface area contributed by atoms with Crippen LogP contribution in [0.2, 0.25) is 0 Å². The van der Waals surface area contributed by atoms with Gasteiger partial charge in [0.05, 0.1) is 6.54 Å². The maximum absolute atomic E-state index is 4.23. The van der Waals surface area contributed by atoms with Crippen LogP contribution in [0, 0.1) is 5.92 Å². The summed E-state index contributed by atoms with van der Waals surface area (Å²) >= 11 is 0. The summed E-state index contributed by atoms with van der Waals surface area (Å²) in [5, 5.41) is 0. The fraction of sp³-hybridized carbons (Fsp3) is 0.444. The second-order valence-corrected chi connectivity index (χ2v) is 2.81. The summed E-state index contributed by atoms with van der Waals surface area (Å²) in [4.78, 5) is 4.23. The Hall–Kier alpha value is -0.850. The monoisotopic (exact) mass is 133 g/mol. The van der Waals surface area contributed by atoms with E-state index in [4.69, 9.17) is 0 Å². The Bertz CT molecular complexity index is 211. The SMILES string of the molecule is C1=CCC2C=NCC=C2C1. The zero-order chi connectivity index (χ0) is 6.81. The van der Waals surface area contributed by atoms with Crippen molar-refractivity contribution in [1.29, 1.82) is 0 Å². The fourth-order valence-corrected chi connectivity index (χ4v) is 1.51. The zero-order valence-corrected chi connectivity index (χ0v) is 5.96. The van der Waals surface area contributed by atoms with Gasteiger partial charge in [0, 0.05) is 12.1 Å². The second-order valence-electron chi connectivity index (χ2n) is 2.81. The molecule has 1 atom stereocenters. The van der Waals surface area contributed by atoms with Gasteiger partial charge in [-0.1, -0.05) is 23.8 Å². The van der Waals surface area contributed by atoms with E-state index < -0.39 is 0 Å². The highest BCUT2D eigenvalue weighted by Crippen LogP contribution is 2.24. The Morgan fingerprint density at radius 1 is 1.40 bits per heavy atom. The van der Waals surface area contributed by atoms with Gasteiger partial charge in [-0.05, 0) is 12.8 Å². The summed E-state index contributed by atoms with van der Waals surface area (Å²) in [5.41, 5.74) is 1.57. The minimum Gasteiger partial charge on any atom is -0.293 e. The molecule has 2 aliphatic rings. The molecule has 0 radical (unpaired) electrons. The summed E-state index contributed by atoms with van der Waals surface area (Å²) in [5.74, 6) is 0.638. The molecule has 10 heavy (non-hydrogen) atoms. The van der Waals surface area contributed by atoms with Gasteiger partial charge in [-0.2, -0.15) is 0 Å². The predicted molar refractivity (Wildman–Crippen MR) is 43.3 cm³/mol. The van der Waals surface area contributed by atoms with Gasteiger partial charge in [0.15, 0.2) is 0 Å². The fourth-order valence-electron chi connectivity index (χ4n) is 1.51. The highest BCUT2D eigenvalue weighted by Gasteiger charge is 2.14. The first-order valence-electron chi connectivity index (χ1n) is 3.80. The van der Waals surface area contributed by atoms with Gasteiger partial charge < -0.3 is 0 Å². The van der Waals surface area contributed by atoms with Crippen LogP contribution in [0.25, 0.3) is 0 Å². The van der Waals surface area contributed by atoms with E-state index in [-0.39, 0.29) is 0 Å². The highest BCUT2D eigenvalue weighted by molar-refractivity contribution is 5.67. The van der Waals surface area contributed by atoms with Crippen LogP contribution in [0.1, 0.15) is 12.8 Å². The molecule has 1 heterocycles. The van der Waals surface area contributed by atoms with Crippen LogP contribution in [0.3, 0.4) is 0 Å². The van der Waals surface area contributed by atoms with Crippen molar-refractivity contribution in [3.8, 4) is 0 Å². The molecular weight excluding hydrogens is 122 g/mol. The minimum absolute atomic E-state index is 0.638. The lowest BCUT2D eigenvalue weighted by atomic mass is 9.88. The van der Waals surface area contributed by atoms with Gasteiger partial charge in [-0.3, -0.25) is 4.99 Å². The van der Waals surface area contributed by atoms with E-state index in [9.17, 15) is 0 Å². The summed E-state index contributed by atoms with van der Waals surface area (Å²) in [7, 11) is 0. The van der Waals surface area contributed by atoms with Gasteiger partial charge >= 0.3 is 0 Å². The molecule has 0 fully saturated rings. The average Bonchev–Trinajstić information content (AvgIpc) is 2.05. The van der Waals surface area contributed by atoms with Crippen LogP contribution in [-0.4, -0.2) is 12.8 Å². The van der Waals surface area contributed by atoms with Crippen molar-refractivity contribution in [3.63, 3.8) is 0 Å². The quantitative estimate of drug-likeness (QED) is 0.448. The number of nitrogens with zero attached hydrogens (tertiary/aromatic N) is 1. The lowest BCUT2D eigenvalue weighted by Crippen LogP contribution is -2.11. The van der Waals surface area contributed by atoms with Crippen molar-refractivity contribution in [2.45, 2.75) is 12.8 Å². The van der Waals surface area contributed by atoms with E-state index in [0.29, 0.717) is 5.92 Å². The third-order valence-electron chi connectivity index (χ3n) is 2.13. The molecular formula is C9H11N. The molecule has 0 saturated carbocycles. The molecule has 0 aromatic carbocycles. The summed E-state index contributed by atoms with van der Waals surface area (Å²) in [6, 6.07) is 0. The second kappa shape index (κ2) is 2.41. The van der Waals surface area contributed by atoms with Gasteiger partial charge in [0.2, 0.25) is 0 Å². The summed E-state index contributed by atoms with van der Waals surface area (Å²) in [6.45, 7) is 0.902. The molecule has 52 valence electrons. The lowest BCUT2D eigenvalue weighted by Gasteiger charge is -2.19. The molecule has 0 aromatic rings. The van der Waals surface area contributed by atoms with Crippen molar-refractivity contribution in [1.82, 2.24) is 0 Å². The van der Waals surface area contributed by atoms with Gasteiger partial charge in [0.1, 0.15) is 0 Å². The van der Waals surface area contributed by atoms with E-state index in [1.165, 1.54) is 0 Å². The van der Waals surface area contributed by atoms with E-state index in [2.05, 4.69) is 29.4 Å². The third-order valence-corrected chi connectivity index (χ3v) is 2.13. The van der Waals surface area contributed by atoms with Gasteiger partial charge in [0.25, 0.3) is 0 Å². The molecule has 0 bridgehead atoms. The molecule has 0 N–H and O–H groups in total. The van der Waals surface area contributed by atoms with Crippen molar-refractivity contribution >= 4 is 6.21 Å². The van der Waals surface area contributed by atoms with Crippen LogP contribution < -0.4 is 0 Å². The lowest BCUT2D eigenvalue weighted by molar-refractivity contribution is 0.761. The number of aliphatic imine (C=N–C) groups is 1. The molecule has 0 saturated heterocycles. The van der Waals surface area contributed by atoms with E-state index in [1.54, 1.807) is 5.57 Å². The number of hydrogen-bond donors (Lipinski definition) is 0. The van der Waals surface area contributed by atoms with Crippen LogP contribution in [0.4, 0.5) is 0 Å². The standard InChI is InChI=1S/C9H11N/c1-2-4-9-7-10-6-5-8(9)3-1/h1-2,5,7,9H,3-4,6H2. The Balaban J connectivity index is 2.23. The number of rotatable bonds is 0. The molecule has 2 rings (SSSR count). The van der Waals surface area contributed by atoms with E-state index in [1.807, 2.05) is 0 Å². The zero-order valence-electron chi connectivity index (χ0n) is 5.96. The molecule has 1 heteroatoms. The van der Waals surface area contributed by atoms with Gasteiger partial charge in [-0.15, -0.1) is 0 Å². The highest BCUT2D eigenvalue weighted by atomic mass is 14.7. The number of dihydropyridines is 1. The van der Waals surface area contributed by atoms with Gasteiger partial charge in [-0.25, -0.2) is 0 Å². The topological polar surface area (TPSA) is 12.4 Å². The molecule has 0 spiro atoms. The van der Waals surface area contributed by atoms with Crippen molar-refractivity contribution < 1.29 is 0 Å². The summed E-state index contributed by atoms with van der Waals surface area (Å²) < 4.78 is 0. The smallest absolute Gasteiger partial charge is 0.0569 e. The first-order chi connectivity index (χ1) is 4.97. The van der Waals surface area contributed by atoms with E-state index in [0.717, 1.165) is 19.4 Å². The normalized spacial score (nSPS) is 29.6. The Kier molecular flexibility index (Phi) is 1.42. The molecule has 1 aliphatic heterocycles. The van der Waals surface area contributed by atoms with Crippen LogP contribution in [0.5, 0.6) is 0 Å². The van der Waals surface area contributed by atoms with Crippen LogP contribution in [-0.2, 0) is 0 Å². The first-order valence-corrected chi connectivity index (χ1v) is 3.80. The Labute approximate surface area is 61.2 Å². The Morgan fingerprint density at radius 2 is 2.40 bits per heavy atom. The maximum Gasteiger partial charge on any atom is 0.0569 e. The maximum atomic E-state index is 4.23. The van der Waals surface area contributed by atoms with Crippen molar-refractivity contribution in [2.24, 2.45) is 10.9 Å². The number of allylic oxidation sites excluding steroid dienone is 3. The molecule has 1 aliphatic carbocycles. The largest absolute Gasteiger partial charge is 0.293 e. The average molecular weight is 133 g/mol. The van der Waals surface area contributed by atoms with E-state index >= 15 is 0 Å².